The Balaban J connectivity index is 1.56. The average Bonchev–Trinajstić information content (AvgIpc) is 3.05. The van der Waals surface area contributed by atoms with E-state index in [1.807, 2.05) is 36.4 Å². The Morgan fingerprint density at radius 2 is 1.96 bits per heavy atom. The van der Waals surface area contributed by atoms with Crippen molar-refractivity contribution in [1.29, 1.82) is 0 Å². The van der Waals surface area contributed by atoms with Gasteiger partial charge in [0.2, 0.25) is 0 Å². The van der Waals surface area contributed by atoms with Crippen molar-refractivity contribution in [1.82, 2.24) is 0 Å². The number of thioether (sulfide) groups is 1. The normalized spacial score (nSPS) is 19.6. The van der Waals surface area contributed by atoms with Crippen LogP contribution in [0.3, 0.4) is 0 Å². The average molecular weight is 328 g/mol. The van der Waals surface area contributed by atoms with Gasteiger partial charge in [-0.25, -0.2) is 0 Å². The summed E-state index contributed by atoms with van der Waals surface area (Å²) in [5, 5.41) is 2.90. The Bertz CT molecular complexity index is 763. The maximum Gasteiger partial charge on any atom is 0.262 e. The Kier molecular flexibility index (Phi) is 3.85. The number of ether oxygens (including phenoxy) is 1. The van der Waals surface area contributed by atoms with Gasteiger partial charge in [0.25, 0.3) is 5.91 Å². The first-order chi connectivity index (χ1) is 11.3. The fourth-order valence-corrected chi connectivity index (χ4v) is 3.54. The molecule has 2 aromatic rings. The third-order valence-corrected chi connectivity index (χ3v) is 4.89. The summed E-state index contributed by atoms with van der Waals surface area (Å²) in [6.45, 7) is 3.08. The first kappa shape index (κ1) is 14.4. The van der Waals surface area contributed by atoms with E-state index in [0.717, 1.165) is 29.6 Å². The summed E-state index contributed by atoms with van der Waals surface area (Å²) in [4.78, 5) is 16.0. The van der Waals surface area contributed by atoms with Crippen LogP contribution in [-0.4, -0.2) is 32.2 Å². The molecule has 0 unspecified atom stereocenters. The van der Waals surface area contributed by atoms with Gasteiger partial charge in [-0.15, -0.1) is 0 Å². The van der Waals surface area contributed by atoms with Crippen molar-refractivity contribution in [3.63, 3.8) is 0 Å². The summed E-state index contributed by atoms with van der Waals surface area (Å²) < 4.78 is 11.2. The van der Waals surface area contributed by atoms with Crippen molar-refractivity contribution < 1.29 is 13.9 Å². The third kappa shape index (κ3) is 3.00. The van der Waals surface area contributed by atoms with E-state index in [1.165, 1.54) is 11.8 Å². The van der Waals surface area contributed by atoms with E-state index in [9.17, 15) is 4.79 Å². The molecule has 1 aromatic heterocycles. The lowest BCUT2D eigenvalue weighted by Crippen LogP contribution is -2.35. The number of hydrogen-bond donors (Lipinski definition) is 1. The molecule has 3 heterocycles. The number of anilines is 2. The van der Waals surface area contributed by atoms with E-state index in [0.29, 0.717) is 23.9 Å². The Morgan fingerprint density at radius 3 is 2.83 bits per heavy atom. The predicted molar refractivity (Wildman–Crippen MR) is 90.6 cm³/mol. The smallest absolute Gasteiger partial charge is 0.262 e. The number of carbonyl (C=O) groups excluding carboxylic acids is 1. The van der Waals surface area contributed by atoms with Crippen molar-refractivity contribution in [3.05, 3.63) is 47.1 Å². The summed E-state index contributed by atoms with van der Waals surface area (Å²) in [5.41, 5.74) is 0.855. The number of hydrogen-bond acceptors (Lipinski definition) is 5. The minimum absolute atomic E-state index is 0.0991. The SMILES string of the molecule is O=C1Nc2ccccc2S/C1=C\c1ccc(N2CCOCC2)o1. The van der Waals surface area contributed by atoms with Crippen LogP contribution >= 0.6 is 11.8 Å². The molecule has 1 saturated heterocycles. The standard InChI is InChI=1S/C17H16N2O3S/c20-17-15(23-14-4-2-1-3-13(14)18-17)11-12-5-6-16(22-12)19-7-9-21-10-8-19/h1-6,11H,7-10H2,(H,18,20)/b15-11-. The fourth-order valence-electron chi connectivity index (χ4n) is 2.61. The molecule has 2 aliphatic rings. The lowest BCUT2D eigenvalue weighted by atomic mass is 10.3. The second-order valence-electron chi connectivity index (χ2n) is 5.34. The van der Waals surface area contributed by atoms with E-state index in [-0.39, 0.29) is 5.91 Å². The van der Waals surface area contributed by atoms with Gasteiger partial charge in [-0.3, -0.25) is 4.79 Å². The zero-order valence-electron chi connectivity index (χ0n) is 12.5. The highest BCUT2D eigenvalue weighted by atomic mass is 32.2. The van der Waals surface area contributed by atoms with Crippen LogP contribution in [0.15, 0.2) is 50.6 Å². The molecule has 0 spiro atoms. The van der Waals surface area contributed by atoms with Crippen molar-refractivity contribution in [2.24, 2.45) is 0 Å². The first-order valence-electron chi connectivity index (χ1n) is 7.52. The van der Waals surface area contributed by atoms with Crippen LogP contribution < -0.4 is 10.2 Å². The first-order valence-corrected chi connectivity index (χ1v) is 8.34. The van der Waals surface area contributed by atoms with Crippen LogP contribution in [0, 0.1) is 0 Å². The number of amides is 1. The number of morpholine rings is 1. The number of furan rings is 1. The molecule has 1 fully saturated rings. The molecule has 0 bridgehead atoms. The molecule has 1 amide bonds. The monoisotopic (exact) mass is 328 g/mol. The molecule has 1 aromatic carbocycles. The van der Waals surface area contributed by atoms with Gasteiger partial charge < -0.3 is 19.4 Å². The lowest BCUT2D eigenvalue weighted by molar-refractivity contribution is -0.112. The van der Waals surface area contributed by atoms with E-state index in [1.54, 1.807) is 6.08 Å². The van der Waals surface area contributed by atoms with Gasteiger partial charge in [0, 0.05) is 30.1 Å². The van der Waals surface area contributed by atoms with E-state index >= 15 is 0 Å². The van der Waals surface area contributed by atoms with Crippen LogP contribution in [0.5, 0.6) is 0 Å². The van der Waals surface area contributed by atoms with Crippen molar-refractivity contribution >= 4 is 35.3 Å². The van der Waals surface area contributed by atoms with Crippen LogP contribution in [-0.2, 0) is 9.53 Å². The van der Waals surface area contributed by atoms with E-state index in [4.69, 9.17) is 9.15 Å². The van der Waals surface area contributed by atoms with Gasteiger partial charge in [-0.2, -0.15) is 0 Å². The fraction of sp³-hybridized carbons (Fsp3) is 0.235. The molecule has 23 heavy (non-hydrogen) atoms. The second kappa shape index (κ2) is 6.14. The highest BCUT2D eigenvalue weighted by Crippen LogP contribution is 2.38. The van der Waals surface area contributed by atoms with Crippen molar-refractivity contribution in [2.75, 3.05) is 36.5 Å². The molecule has 1 N–H and O–H groups in total. The summed E-state index contributed by atoms with van der Waals surface area (Å²) in [6.07, 6.45) is 1.79. The molecular weight excluding hydrogens is 312 g/mol. The van der Waals surface area contributed by atoms with Crippen LogP contribution in [0.1, 0.15) is 5.76 Å². The topological polar surface area (TPSA) is 54.7 Å². The van der Waals surface area contributed by atoms with Crippen molar-refractivity contribution in [2.45, 2.75) is 4.90 Å². The van der Waals surface area contributed by atoms with Gasteiger partial charge in [-0.05, 0) is 18.2 Å². The number of rotatable bonds is 2. The molecular formula is C17H16N2O3S. The maximum absolute atomic E-state index is 12.2. The van der Waals surface area contributed by atoms with Gasteiger partial charge in [0.05, 0.1) is 23.8 Å². The number of benzene rings is 1. The zero-order valence-corrected chi connectivity index (χ0v) is 13.3. The maximum atomic E-state index is 12.2. The summed E-state index contributed by atoms with van der Waals surface area (Å²) in [5.74, 6) is 1.41. The highest BCUT2D eigenvalue weighted by Gasteiger charge is 2.21. The molecule has 2 aliphatic heterocycles. The Morgan fingerprint density at radius 1 is 1.13 bits per heavy atom. The summed E-state index contributed by atoms with van der Waals surface area (Å²) in [6, 6.07) is 11.6. The third-order valence-electron chi connectivity index (χ3n) is 3.79. The van der Waals surface area contributed by atoms with Gasteiger partial charge >= 0.3 is 0 Å². The molecule has 118 valence electrons. The van der Waals surface area contributed by atoms with E-state index < -0.39 is 0 Å². The largest absolute Gasteiger partial charge is 0.441 e. The molecule has 0 saturated carbocycles. The minimum Gasteiger partial charge on any atom is -0.441 e. The van der Waals surface area contributed by atoms with Crippen LogP contribution in [0.25, 0.3) is 6.08 Å². The van der Waals surface area contributed by atoms with Crippen LogP contribution in [0.4, 0.5) is 11.6 Å². The highest BCUT2D eigenvalue weighted by molar-refractivity contribution is 8.04. The Labute approximate surface area is 138 Å². The quantitative estimate of drug-likeness (QED) is 0.858. The lowest BCUT2D eigenvalue weighted by Gasteiger charge is -2.26. The van der Waals surface area contributed by atoms with E-state index in [2.05, 4.69) is 10.2 Å². The zero-order chi connectivity index (χ0) is 15.6. The summed E-state index contributed by atoms with van der Waals surface area (Å²) in [7, 11) is 0. The number of fused-ring (bicyclic) bond motifs is 1. The van der Waals surface area contributed by atoms with Crippen molar-refractivity contribution in [3.8, 4) is 0 Å². The minimum atomic E-state index is -0.0991. The summed E-state index contributed by atoms with van der Waals surface area (Å²) >= 11 is 1.46. The molecule has 5 nitrogen and oxygen atoms in total. The number of para-hydroxylation sites is 1. The number of nitrogens with one attached hydrogen (secondary N) is 1. The molecule has 4 rings (SSSR count). The van der Waals surface area contributed by atoms with Gasteiger partial charge in [0.15, 0.2) is 5.88 Å². The second-order valence-corrected chi connectivity index (χ2v) is 6.42. The predicted octanol–water partition coefficient (Wildman–Crippen LogP) is 3.20. The molecule has 6 heteroatoms. The molecule has 0 radical (unpaired) electrons. The van der Waals surface area contributed by atoms with Gasteiger partial charge in [0.1, 0.15) is 5.76 Å². The number of carbonyl (C=O) groups is 1. The molecule has 0 atom stereocenters. The Hall–Kier alpha value is -2.18. The molecule has 0 aliphatic carbocycles. The number of nitrogens with zero attached hydrogens (tertiary/aromatic N) is 1. The van der Waals surface area contributed by atoms with Gasteiger partial charge in [-0.1, -0.05) is 23.9 Å². The van der Waals surface area contributed by atoms with Crippen LogP contribution in [0.2, 0.25) is 0 Å².